The Hall–Kier alpha value is -15.4. The van der Waals surface area contributed by atoms with Crippen LogP contribution in [0, 0.1) is 27.7 Å². The van der Waals surface area contributed by atoms with E-state index in [0.29, 0.717) is 96.2 Å². The fourth-order valence-electron chi connectivity index (χ4n) is 11.3. The molecule has 0 bridgehead atoms. The number of aromatic amines is 4. The van der Waals surface area contributed by atoms with Gasteiger partial charge >= 0.3 is 0 Å². The van der Waals surface area contributed by atoms with Crippen LogP contribution in [-0.2, 0) is 0 Å². The van der Waals surface area contributed by atoms with Gasteiger partial charge in [-0.05, 0) is 181 Å². The Morgan fingerprint density at radius 3 is 0.955 bits per heavy atom. The van der Waals surface area contributed by atoms with Gasteiger partial charge in [0.15, 0.2) is 11.5 Å². The summed E-state index contributed by atoms with van der Waals surface area (Å²) in [7, 11) is 0. The zero-order chi connectivity index (χ0) is 79.0. The minimum absolute atomic E-state index is 0.0446. The quantitative estimate of drug-likeness (QED) is 0.0243. The van der Waals surface area contributed by atoms with Crippen LogP contribution in [0.1, 0.15) is 114 Å². The first-order valence-electron chi connectivity index (χ1n) is 33.6. The SMILES string of the molecule is CC(=NNC(=O)c1cc2ccccc2cc1O)c1c(C)[nH]n(-c2ccccc2)c1=O.CC(=NNC(=O)c1ccc(O)c(O)c1)c1c(C)[nH]n(-c2ccccc2)c1=O.CC(=NNC(=O)c1ccc(O)cc1)c1c(C)[nH]n(-c2ccccc2)c1=O.CC(=NNC(=O)c1ccc(O)cc1O)c1c(C)[nH]n(-c2ccccc2)c1=O. The van der Waals surface area contributed by atoms with Crippen LogP contribution in [0.25, 0.3) is 33.5 Å². The maximum absolute atomic E-state index is 12.8. The third kappa shape index (κ3) is 18.0. The summed E-state index contributed by atoms with van der Waals surface area (Å²) in [5.41, 5.74) is 17.1. The Kier molecular flexibility index (Phi) is 24.2. The van der Waals surface area contributed by atoms with Gasteiger partial charge in [-0.2, -0.15) is 20.4 Å². The van der Waals surface area contributed by atoms with Crippen LogP contribution in [0.4, 0.5) is 0 Å². The summed E-state index contributed by atoms with van der Waals surface area (Å²) < 4.78 is 5.67. The lowest BCUT2D eigenvalue weighted by Gasteiger charge is -2.06. The minimum atomic E-state index is -0.663. The van der Waals surface area contributed by atoms with Crippen molar-refractivity contribution in [1.82, 2.24) is 60.8 Å². The second-order valence-electron chi connectivity index (χ2n) is 24.6. The van der Waals surface area contributed by atoms with Gasteiger partial charge in [0, 0.05) is 40.0 Å². The number of H-pyrrole nitrogens is 4. The van der Waals surface area contributed by atoms with Gasteiger partial charge in [0.2, 0.25) is 0 Å². The number of phenolic OH excluding ortho intramolecular Hbond substituents is 6. The molecule has 0 radical (unpaired) electrons. The molecule has 0 aliphatic heterocycles. The van der Waals surface area contributed by atoms with E-state index in [-0.39, 0.29) is 67.7 Å². The molecular formula is C80H74N16O14. The van der Waals surface area contributed by atoms with E-state index >= 15 is 0 Å². The lowest BCUT2D eigenvalue weighted by Crippen LogP contribution is -2.23. The van der Waals surface area contributed by atoms with E-state index in [2.05, 4.69) is 62.5 Å². The third-order valence-electron chi connectivity index (χ3n) is 16.8. The van der Waals surface area contributed by atoms with E-state index in [9.17, 15) is 69.0 Å². The van der Waals surface area contributed by atoms with Crippen LogP contribution in [0.2, 0.25) is 0 Å². The van der Waals surface area contributed by atoms with Gasteiger partial charge in [0.05, 0.1) is 79.0 Å². The van der Waals surface area contributed by atoms with Crippen molar-refractivity contribution in [3.63, 3.8) is 0 Å². The molecule has 4 amide bonds. The lowest BCUT2D eigenvalue weighted by atomic mass is 10.1. The van der Waals surface area contributed by atoms with Crippen molar-refractivity contribution >= 4 is 57.2 Å². The van der Waals surface area contributed by atoms with Crippen molar-refractivity contribution in [1.29, 1.82) is 0 Å². The number of phenols is 6. The summed E-state index contributed by atoms with van der Waals surface area (Å²) in [5, 5.41) is 87.1. The number of nitrogens with zero attached hydrogens (tertiary/aromatic N) is 8. The van der Waals surface area contributed by atoms with E-state index in [0.717, 1.165) is 22.9 Å². The topological polar surface area (TPSA) is 438 Å². The molecule has 110 heavy (non-hydrogen) atoms. The normalized spacial score (nSPS) is 11.5. The Balaban J connectivity index is 0.000000156. The van der Waals surface area contributed by atoms with Crippen LogP contribution in [0.3, 0.4) is 0 Å². The molecule has 0 saturated carbocycles. The molecule has 9 aromatic carbocycles. The first-order valence-corrected chi connectivity index (χ1v) is 33.6. The second kappa shape index (κ2) is 34.5. The van der Waals surface area contributed by atoms with Crippen molar-refractivity contribution in [2.75, 3.05) is 0 Å². The van der Waals surface area contributed by atoms with Gasteiger partial charge in [0.1, 0.15) is 23.0 Å². The number of hydrazone groups is 4. The average molecular weight is 1480 g/mol. The molecule has 30 nitrogen and oxygen atoms in total. The summed E-state index contributed by atoms with van der Waals surface area (Å²) in [6.07, 6.45) is 0. The molecule has 4 heterocycles. The Morgan fingerprint density at radius 1 is 0.300 bits per heavy atom. The summed E-state index contributed by atoms with van der Waals surface area (Å²) in [6, 6.07) is 60.2. The van der Waals surface area contributed by atoms with E-state index in [1.165, 1.54) is 73.3 Å². The second-order valence-corrected chi connectivity index (χ2v) is 24.6. The number of para-hydroxylation sites is 4. The van der Waals surface area contributed by atoms with Crippen molar-refractivity contribution in [3.05, 3.63) is 327 Å². The number of carbonyl (C=O) groups excluding carboxylic acids is 4. The fraction of sp³-hybridized carbons (Fsp3) is 0.100. The summed E-state index contributed by atoms with van der Waals surface area (Å²) in [5.74, 6) is -3.56. The standard InChI is InChI=1S/C23H20N4O3.2C19H18N4O4.C19H18N4O3/c1-14(21-15(2)26-27(23(21)30)18-10-4-3-5-11-18)24-25-22(29)19-12-16-8-6-7-9-17(16)13-20(19)28;1-11(20-21-18(26)13-8-9-15(24)16(25)10-13)17-12(2)22-23(19(17)27)14-6-4-3-5-7-14;1-11(20-21-18(26)15-9-8-14(24)10-16(15)25)17-12(2)22-23(19(17)27)13-6-4-3-5-7-13;1-12(20-21-18(25)14-8-10-16(24)11-9-14)17-13(2)22-23(19(17)26)15-6-4-3-5-7-15/h3-13,26,28H,1-2H3,(H,25,29);2*3-10,22,24-25H,1-2H3,(H,21,26);3-11,22,24H,1-2H3,(H,21,25). The zero-order valence-corrected chi connectivity index (χ0v) is 60.3. The first-order chi connectivity index (χ1) is 52.7. The molecule has 0 aliphatic rings. The summed E-state index contributed by atoms with van der Waals surface area (Å²) in [6.45, 7) is 13.5. The number of fused-ring (bicyclic) bond motifs is 1. The van der Waals surface area contributed by atoms with Crippen LogP contribution < -0.4 is 43.9 Å². The van der Waals surface area contributed by atoms with Crippen molar-refractivity contribution in [2.45, 2.75) is 55.4 Å². The fourth-order valence-corrected chi connectivity index (χ4v) is 11.3. The highest BCUT2D eigenvalue weighted by molar-refractivity contribution is 6.06. The maximum atomic E-state index is 12.8. The molecule has 14 N–H and O–H groups in total. The first kappa shape index (κ1) is 77.3. The van der Waals surface area contributed by atoms with Crippen LogP contribution in [0.15, 0.2) is 258 Å². The molecule has 13 rings (SSSR count). The Bertz CT molecular complexity index is 5960. The molecule has 0 fully saturated rings. The summed E-state index contributed by atoms with van der Waals surface area (Å²) >= 11 is 0. The molecule has 13 aromatic rings. The number of hydrogen-bond acceptors (Lipinski definition) is 18. The highest BCUT2D eigenvalue weighted by Gasteiger charge is 2.22. The monoisotopic (exact) mass is 1480 g/mol. The molecule has 4 aromatic heterocycles. The highest BCUT2D eigenvalue weighted by atomic mass is 16.3. The van der Waals surface area contributed by atoms with Crippen molar-refractivity contribution < 1.29 is 49.8 Å². The van der Waals surface area contributed by atoms with Gasteiger partial charge in [-0.1, -0.05) is 97.1 Å². The molecule has 0 unspecified atom stereocenters. The Morgan fingerprint density at radius 2 is 0.600 bits per heavy atom. The largest absolute Gasteiger partial charge is 0.508 e. The highest BCUT2D eigenvalue weighted by Crippen LogP contribution is 2.27. The maximum Gasteiger partial charge on any atom is 0.280 e. The number of nitrogens with one attached hydrogen (secondary N) is 8. The van der Waals surface area contributed by atoms with Gasteiger partial charge in [-0.25, -0.2) is 40.4 Å². The Labute approximate surface area is 625 Å². The minimum Gasteiger partial charge on any atom is -0.508 e. The number of hydrogen-bond donors (Lipinski definition) is 14. The van der Waals surface area contributed by atoms with Crippen molar-refractivity contribution in [2.24, 2.45) is 20.4 Å². The number of rotatable bonds is 16. The predicted molar refractivity (Wildman–Crippen MR) is 416 cm³/mol. The van der Waals surface area contributed by atoms with Crippen LogP contribution >= 0.6 is 0 Å². The molecule has 558 valence electrons. The van der Waals surface area contributed by atoms with E-state index in [4.69, 9.17) is 0 Å². The smallest absolute Gasteiger partial charge is 0.280 e. The molecular weight excluding hydrogens is 1410 g/mol. The molecule has 0 atom stereocenters. The molecule has 30 heteroatoms. The predicted octanol–water partition coefficient (Wildman–Crippen LogP) is 9.90. The number of amides is 4. The summed E-state index contributed by atoms with van der Waals surface area (Å²) in [4.78, 5) is 99.9. The zero-order valence-electron chi connectivity index (χ0n) is 60.3. The average Bonchev–Trinajstić information content (AvgIpc) is 1.58. The third-order valence-corrected chi connectivity index (χ3v) is 16.8. The van der Waals surface area contributed by atoms with Crippen LogP contribution in [0.5, 0.6) is 34.5 Å². The van der Waals surface area contributed by atoms with Crippen LogP contribution in [-0.4, -0.2) is 116 Å². The van der Waals surface area contributed by atoms with E-state index < -0.39 is 29.4 Å². The lowest BCUT2D eigenvalue weighted by molar-refractivity contribution is 0.0943. The number of aryl methyl sites for hydroxylation is 4. The van der Waals surface area contributed by atoms with Crippen molar-refractivity contribution in [3.8, 4) is 57.2 Å². The van der Waals surface area contributed by atoms with E-state index in [1.807, 2.05) is 121 Å². The number of aromatic hydroxyl groups is 6. The van der Waals surface area contributed by atoms with Gasteiger partial charge < -0.3 is 30.6 Å². The van der Waals surface area contributed by atoms with E-state index in [1.54, 1.807) is 85.7 Å². The number of aromatic nitrogens is 8. The van der Waals surface area contributed by atoms with Gasteiger partial charge in [0.25, 0.3) is 45.9 Å². The molecule has 0 saturated heterocycles. The molecule has 0 spiro atoms. The number of benzene rings is 9. The number of carbonyl (C=O) groups is 4. The van der Waals surface area contributed by atoms with Gasteiger partial charge in [-0.3, -0.25) is 58.8 Å². The molecule has 0 aliphatic carbocycles. The van der Waals surface area contributed by atoms with Gasteiger partial charge in [-0.15, -0.1) is 0 Å².